The van der Waals surface area contributed by atoms with Gasteiger partial charge in [-0.05, 0) is 30.2 Å². The number of para-hydroxylation sites is 2. The number of guanidine groups is 1. The molecule has 2 heterocycles. The highest BCUT2D eigenvalue weighted by molar-refractivity contribution is 5.80. The molecule has 0 spiro atoms. The average molecular weight is 377 g/mol. The molecule has 1 unspecified atom stereocenters. The fourth-order valence-electron chi connectivity index (χ4n) is 3.73. The van der Waals surface area contributed by atoms with Crippen LogP contribution in [0.15, 0.2) is 53.5 Å². The number of hydrogen-bond acceptors (Lipinski definition) is 3. The predicted octanol–water partition coefficient (Wildman–Crippen LogP) is 3.06. The van der Waals surface area contributed by atoms with Crippen molar-refractivity contribution in [2.75, 3.05) is 33.3 Å². The molecule has 3 aromatic rings. The first-order valence-corrected chi connectivity index (χ1v) is 9.81. The van der Waals surface area contributed by atoms with E-state index in [-0.39, 0.29) is 6.10 Å². The van der Waals surface area contributed by atoms with Crippen molar-refractivity contribution in [3.63, 3.8) is 0 Å². The van der Waals surface area contributed by atoms with Gasteiger partial charge in [-0.2, -0.15) is 0 Å². The summed E-state index contributed by atoms with van der Waals surface area (Å²) >= 11 is 0. The molecule has 6 heteroatoms. The Morgan fingerprint density at radius 3 is 2.89 bits per heavy atom. The molecule has 0 amide bonds. The minimum Gasteiger partial charge on any atom is -0.370 e. The van der Waals surface area contributed by atoms with Crippen LogP contribution in [0.3, 0.4) is 0 Å². The third-order valence-corrected chi connectivity index (χ3v) is 5.20. The molecule has 0 saturated carbocycles. The lowest BCUT2D eigenvalue weighted by molar-refractivity contribution is -0.00829. The van der Waals surface area contributed by atoms with Crippen LogP contribution in [0.1, 0.15) is 23.1 Å². The molecule has 4 rings (SSSR count). The van der Waals surface area contributed by atoms with E-state index in [4.69, 9.17) is 4.74 Å². The number of nitrogens with one attached hydrogen (secondary N) is 2. The monoisotopic (exact) mass is 377 g/mol. The van der Waals surface area contributed by atoms with Crippen molar-refractivity contribution in [3.05, 3.63) is 65.5 Å². The molecule has 0 bridgehead atoms. The molecule has 146 valence electrons. The number of aryl methyl sites for hydroxylation is 1. The maximum Gasteiger partial charge on any atom is 0.193 e. The third-order valence-electron chi connectivity index (χ3n) is 5.20. The van der Waals surface area contributed by atoms with E-state index >= 15 is 0 Å². The third kappa shape index (κ3) is 4.02. The van der Waals surface area contributed by atoms with E-state index in [1.165, 1.54) is 11.1 Å². The molecule has 1 saturated heterocycles. The number of aliphatic imine (C=N–C) groups is 1. The lowest BCUT2D eigenvalue weighted by Gasteiger charge is -2.35. The lowest BCUT2D eigenvalue weighted by Crippen LogP contribution is -2.48. The highest BCUT2D eigenvalue weighted by atomic mass is 16.5. The molecule has 2 N–H and O–H groups in total. The van der Waals surface area contributed by atoms with Gasteiger partial charge in [-0.3, -0.25) is 4.99 Å². The highest BCUT2D eigenvalue weighted by Crippen LogP contribution is 2.24. The van der Waals surface area contributed by atoms with Crippen molar-refractivity contribution >= 4 is 17.0 Å². The summed E-state index contributed by atoms with van der Waals surface area (Å²) in [5.74, 6) is 1.90. The topological polar surface area (TPSA) is 65.5 Å². The second-order valence-corrected chi connectivity index (χ2v) is 7.09. The van der Waals surface area contributed by atoms with Crippen molar-refractivity contribution in [2.24, 2.45) is 4.99 Å². The van der Waals surface area contributed by atoms with E-state index in [0.717, 1.165) is 48.9 Å². The van der Waals surface area contributed by atoms with Gasteiger partial charge in [-0.1, -0.05) is 36.4 Å². The van der Waals surface area contributed by atoms with Crippen LogP contribution in [0.2, 0.25) is 0 Å². The number of imidazole rings is 1. The summed E-state index contributed by atoms with van der Waals surface area (Å²) in [6, 6.07) is 16.5. The van der Waals surface area contributed by atoms with Crippen LogP contribution in [-0.2, 0) is 11.2 Å². The van der Waals surface area contributed by atoms with Gasteiger partial charge in [0.25, 0.3) is 0 Å². The Morgan fingerprint density at radius 1 is 1.25 bits per heavy atom. The van der Waals surface area contributed by atoms with Crippen molar-refractivity contribution < 1.29 is 4.74 Å². The number of fused-ring (bicyclic) bond motifs is 1. The summed E-state index contributed by atoms with van der Waals surface area (Å²) < 4.78 is 6.04. The number of aromatic nitrogens is 2. The predicted molar refractivity (Wildman–Crippen MR) is 113 cm³/mol. The Morgan fingerprint density at radius 2 is 2.07 bits per heavy atom. The number of ether oxygens (including phenoxy) is 1. The zero-order valence-corrected chi connectivity index (χ0v) is 16.5. The zero-order chi connectivity index (χ0) is 19.3. The molecule has 1 aromatic heterocycles. The van der Waals surface area contributed by atoms with Crippen molar-refractivity contribution in [1.82, 2.24) is 20.2 Å². The number of H-pyrrole nitrogens is 1. The van der Waals surface area contributed by atoms with Gasteiger partial charge >= 0.3 is 0 Å². The van der Waals surface area contributed by atoms with Gasteiger partial charge in [-0.15, -0.1) is 0 Å². The number of rotatable bonds is 4. The first-order valence-electron chi connectivity index (χ1n) is 9.81. The molecule has 1 aliphatic heterocycles. The summed E-state index contributed by atoms with van der Waals surface area (Å²) in [5, 5.41) is 3.48. The standard InChI is InChI=1S/C22H27N5O/c1-16-7-3-4-8-17(16)20-15-27(13-14-28-20)22(23-2)24-12-11-21-25-18-9-5-6-10-19(18)26-21/h3-10,20H,11-15H2,1-2H3,(H,23,24)(H,25,26). The van der Waals surface area contributed by atoms with Crippen molar-refractivity contribution in [2.45, 2.75) is 19.4 Å². The van der Waals surface area contributed by atoms with E-state index in [0.29, 0.717) is 6.61 Å². The summed E-state index contributed by atoms with van der Waals surface area (Å²) in [6.45, 7) is 5.25. The second-order valence-electron chi connectivity index (χ2n) is 7.09. The number of hydrogen-bond donors (Lipinski definition) is 2. The maximum atomic E-state index is 6.04. The average Bonchev–Trinajstić information content (AvgIpc) is 3.14. The van der Waals surface area contributed by atoms with Crippen LogP contribution in [0.5, 0.6) is 0 Å². The highest BCUT2D eigenvalue weighted by Gasteiger charge is 2.25. The van der Waals surface area contributed by atoms with Crippen molar-refractivity contribution in [1.29, 1.82) is 0 Å². The number of benzene rings is 2. The van der Waals surface area contributed by atoms with Crippen molar-refractivity contribution in [3.8, 4) is 0 Å². The summed E-state index contributed by atoms with van der Waals surface area (Å²) in [6.07, 6.45) is 0.892. The van der Waals surface area contributed by atoms with E-state index in [1.807, 2.05) is 25.2 Å². The van der Waals surface area contributed by atoms with Gasteiger partial charge in [0.05, 0.1) is 24.2 Å². The summed E-state index contributed by atoms with van der Waals surface area (Å²) in [4.78, 5) is 14.8. The van der Waals surface area contributed by atoms with Gasteiger partial charge in [0, 0.05) is 26.6 Å². The lowest BCUT2D eigenvalue weighted by atomic mass is 10.0. The minimum atomic E-state index is 0.0730. The smallest absolute Gasteiger partial charge is 0.193 e. The van der Waals surface area contributed by atoms with E-state index in [1.54, 1.807) is 0 Å². The molecule has 0 aliphatic carbocycles. The summed E-state index contributed by atoms with van der Waals surface area (Å²) in [7, 11) is 1.84. The SMILES string of the molecule is CN=C(NCCc1nc2ccccc2[nH]1)N1CCOC(c2ccccc2C)C1. The molecular formula is C22H27N5O. The Bertz CT molecular complexity index is 931. The number of aromatic amines is 1. The number of nitrogens with zero attached hydrogens (tertiary/aromatic N) is 3. The fraction of sp³-hybridized carbons (Fsp3) is 0.364. The van der Waals surface area contributed by atoms with Gasteiger partial charge in [0.15, 0.2) is 5.96 Å². The van der Waals surface area contributed by atoms with Crippen LogP contribution in [0.25, 0.3) is 11.0 Å². The Kier molecular flexibility index (Phi) is 5.58. The van der Waals surface area contributed by atoms with Crippen LogP contribution < -0.4 is 5.32 Å². The first kappa shape index (κ1) is 18.5. The Hall–Kier alpha value is -2.86. The Labute approximate surface area is 165 Å². The normalized spacial score (nSPS) is 17.9. The number of morpholine rings is 1. The quantitative estimate of drug-likeness (QED) is 0.542. The largest absolute Gasteiger partial charge is 0.370 e. The fourth-order valence-corrected chi connectivity index (χ4v) is 3.73. The molecule has 6 nitrogen and oxygen atoms in total. The van der Waals surface area contributed by atoms with Crippen LogP contribution in [0.4, 0.5) is 0 Å². The first-order chi connectivity index (χ1) is 13.7. The zero-order valence-electron chi connectivity index (χ0n) is 16.5. The van der Waals surface area contributed by atoms with Crippen LogP contribution in [0, 0.1) is 6.92 Å². The van der Waals surface area contributed by atoms with Gasteiger partial charge < -0.3 is 19.9 Å². The van der Waals surface area contributed by atoms with E-state index < -0.39 is 0 Å². The molecule has 28 heavy (non-hydrogen) atoms. The second kappa shape index (κ2) is 8.44. The minimum absolute atomic E-state index is 0.0730. The maximum absolute atomic E-state index is 6.04. The Balaban J connectivity index is 1.36. The van der Waals surface area contributed by atoms with E-state index in [2.05, 4.69) is 62.4 Å². The summed E-state index contributed by atoms with van der Waals surface area (Å²) in [5.41, 5.74) is 4.61. The van der Waals surface area contributed by atoms with Gasteiger partial charge in [0.2, 0.25) is 0 Å². The molecule has 2 aromatic carbocycles. The van der Waals surface area contributed by atoms with Gasteiger partial charge in [0.1, 0.15) is 11.9 Å². The molecule has 1 atom stereocenters. The van der Waals surface area contributed by atoms with Crippen LogP contribution in [-0.4, -0.2) is 54.1 Å². The molecular weight excluding hydrogens is 350 g/mol. The van der Waals surface area contributed by atoms with Crippen LogP contribution >= 0.6 is 0 Å². The van der Waals surface area contributed by atoms with Gasteiger partial charge in [-0.25, -0.2) is 4.98 Å². The molecule has 0 radical (unpaired) electrons. The van der Waals surface area contributed by atoms with E-state index in [9.17, 15) is 0 Å². The molecule has 1 aliphatic rings. The molecule has 1 fully saturated rings.